The van der Waals surface area contributed by atoms with Gasteiger partial charge in [-0.3, -0.25) is 0 Å². The van der Waals surface area contributed by atoms with E-state index in [0.29, 0.717) is 22.9 Å². The van der Waals surface area contributed by atoms with E-state index in [1.165, 1.54) is 7.11 Å². The van der Waals surface area contributed by atoms with Crippen LogP contribution in [0.2, 0.25) is 0 Å². The predicted octanol–water partition coefficient (Wildman–Crippen LogP) is 1.89. The highest BCUT2D eigenvalue weighted by molar-refractivity contribution is 6.16. The largest absolute Gasteiger partial charge is 0.494 e. The Morgan fingerprint density at radius 2 is 2.35 bits per heavy atom. The maximum atomic E-state index is 8.82. The highest BCUT2D eigenvalue weighted by Gasteiger charge is 2.11. The molecule has 0 fully saturated rings. The molecule has 0 atom stereocenters. The fraction of sp³-hybridized carbons (Fsp3) is 0.182. The molecule has 0 saturated carbocycles. The van der Waals surface area contributed by atoms with Gasteiger partial charge in [0.15, 0.2) is 0 Å². The number of benzene rings is 1. The molecule has 0 saturated heterocycles. The molecule has 5 nitrogen and oxygen atoms in total. The van der Waals surface area contributed by atoms with E-state index in [1.54, 1.807) is 29.1 Å². The molecule has 2 aromatic rings. The molecule has 17 heavy (non-hydrogen) atoms. The molecule has 0 aliphatic heterocycles. The molecule has 0 unspecified atom stereocenters. The molecule has 0 radical (unpaired) electrons. The molecule has 6 heteroatoms. The number of halogens is 1. The van der Waals surface area contributed by atoms with Crippen molar-refractivity contribution in [2.75, 3.05) is 7.11 Å². The quantitative estimate of drug-likeness (QED) is 0.778. The molecule has 0 spiro atoms. The smallest absolute Gasteiger partial charge is 0.145 e. The molecule has 0 aliphatic carbocycles. The van der Waals surface area contributed by atoms with Crippen LogP contribution in [0.1, 0.15) is 11.3 Å². The van der Waals surface area contributed by atoms with Crippen molar-refractivity contribution in [2.45, 2.75) is 5.88 Å². The lowest BCUT2D eigenvalue weighted by Crippen LogP contribution is -2.03. The van der Waals surface area contributed by atoms with Crippen LogP contribution in [-0.2, 0) is 5.88 Å². The van der Waals surface area contributed by atoms with E-state index in [2.05, 4.69) is 16.4 Å². The molecule has 1 heterocycles. The maximum absolute atomic E-state index is 8.82. The van der Waals surface area contributed by atoms with Gasteiger partial charge in [-0.05, 0) is 12.1 Å². The average molecular weight is 249 g/mol. The Kier molecular flexibility index (Phi) is 3.26. The topological polar surface area (TPSA) is 63.7 Å². The summed E-state index contributed by atoms with van der Waals surface area (Å²) in [5.41, 5.74) is 1.99. The third-order valence-electron chi connectivity index (χ3n) is 2.29. The zero-order valence-corrected chi connectivity index (χ0v) is 9.85. The van der Waals surface area contributed by atoms with Gasteiger partial charge in [0.1, 0.15) is 11.4 Å². The fourth-order valence-corrected chi connectivity index (χ4v) is 1.65. The van der Waals surface area contributed by atoms with Crippen molar-refractivity contribution < 1.29 is 4.74 Å². The summed E-state index contributed by atoms with van der Waals surface area (Å²) in [6.07, 6.45) is 1.59. The number of methoxy groups -OCH3 is 1. The average Bonchev–Trinajstić information content (AvgIpc) is 2.85. The van der Waals surface area contributed by atoms with E-state index in [4.69, 9.17) is 21.6 Å². The number of ether oxygens (including phenoxy) is 1. The van der Waals surface area contributed by atoms with Gasteiger partial charge in [-0.1, -0.05) is 5.21 Å². The van der Waals surface area contributed by atoms with Crippen LogP contribution < -0.4 is 4.74 Å². The van der Waals surface area contributed by atoms with Gasteiger partial charge in [-0.2, -0.15) is 5.26 Å². The zero-order valence-electron chi connectivity index (χ0n) is 9.09. The van der Waals surface area contributed by atoms with Crippen molar-refractivity contribution in [3.8, 4) is 17.5 Å². The van der Waals surface area contributed by atoms with Crippen LogP contribution in [0.5, 0.6) is 5.75 Å². The van der Waals surface area contributed by atoms with Crippen LogP contribution in [0.3, 0.4) is 0 Å². The minimum Gasteiger partial charge on any atom is -0.494 e. The Bertz CT molecular complexity index is 573. The highest BCUT2D eigenvalue weighted by Crippen LogP contribution is 2.24. The van der Waals surface area contributed by atoms with Gasteiger partial charge in [0.05, 0.1) is 36.5 Å². The van der Waals surface area contributed by atoms with E-state index in [9.17, 15) is 0 Å². The minimum absolute atomic E-state index is 0.302. The van der Waals surface area contributed by atoms with Crippen LogP contribution in [-0.4, -0.2) is 22.1 Å². The fourth-order valence-electron chi connectivity index (χ4n) is 1.47. The SMILES string of the molecule is COc1cc(C#N)ccc1-n1nncc1CCl. The third kappa shape index (κ3) is 2.08. The Morgan fingerprint density at radius 1 is 1.53 bits per heavy atom. The molecule has 1 aromatic carbocycles. The molecule has 86 valence electrons. The second-order valence-corrected chi connectivity index (χ2v) is 3.54. The summed E-state index contributed by atoms with van der Waals surface area (Å²) in [4.78, 5) is 0. The van der Waals surface area contributed by atoms with Crippen molar-refractivity contribution in [2.24, 2.45) is 0 Å². The van der Waals surface area contributed by atoms with E-state index >= 15 is 0 Å². The molecule has 0 aliphatic rings. The number of alkyl halides is 1. The van der Waals surface area contributed by atoms with Gasteiger partial charge >= 0.3 is 0 Å². The van der Waals surface area contributed by atoms with Gasteiger partial charge in [-0.25, -0.2) is 4.68 Å². The summed E-state index contributed by atoms with van der Waals surface area (Å²) >= 11 is 5.78. The van der Waals surface area contributed by atoms with E-state index in [-0.39, 0.29) is 0 Å². The lowest BCUT2D eigenvalue weighted by molar-refractivity contribution is 0.411. The first kappa shape index (κ1) is 11.4. The first-order valence-corrected chi connectivity index (χ1v) is 5.37. The van der Waals surface area contributed by atoms with Gasteiger partial charge < -0.3 is 4.74 Å². The molecular weight excluding hydrogens is 240 g/mol. The number of nitrogens with zero attached hydrogens (tertiary/aromatic N) is 4. The second kappa shape index (κ2) is 4.85. The third-order valence-corrected chi connectivity index (χ3v) is 2.57. The molecule has 0 N–H and O–H groups in total. The van der Waals surface area contributed by atoms with Crippen LogP contribution in [0, 0.1) is 11.3 Å². The van der Waals surface area contributed by atoms with Crippen molar-refractivity contribution in [3.05, 3.63) is 35.7 Å². The normalized spacial score (nSPS) is 9.94. The monoisotopic (exact) mass is 248 g/mol. The summed E-state index contributed by atoms with van der Waals surface area (Å²) in [6, 6.07) is 7.14. The highest BCUT2D eigenvalue weighted by atomic mass is 35.5. The second-order valence-electron chi connectivity index (χ2n) is 3.27. The van der Waals surface area contributed by atoms with Crippen molar-refractivity contribution in [3.63, 3.8) is 0 Å². The first-order valence-electron chi connectivity index (χ1n) is 4.84. The Morgan fingerprint density at radius 3 is 3.00 bits per heavy atom. The predicted molar refractivity (Wildman–Crippen MR) is 62.2 cm³/mol. The summed E-state index contributed by atoms with van der Waals surface area (Å²) in [5.74, 6) is 0.858. The summed E-state index contributed by atoms with van der Waals surface area (Å²) in [5, 5.41) is 16.6. The van der Waals surface area contributed by atoms with Gasteiger partial charge in [0, 0.05) is 6.07 Å². The Hall–Kier alpha value is -2.06. The Labute approximate surface area is 103 Å². The number of hydrogen-bond donors (Lipinski definition) is 0. The number of nitriles is 1. The lowest BCUT2D eigenvalue weighted by Gasteiger charge is -2.09. The molecular formula is C11H9ClN4O. The maximum Gasteiger partial charge on any atom is 0.145 e. The minimum atomic E-state index is 0.302. The number of rotatable bonds is 3. The molecule has 0 amide bonds. The van der Waals surface area contributed by atoms with Gasteiger partial charge in [-0.15, -0.1) is 16.7 Å². The molecule has 1 aromatic heterocycles. The Balaban J connectivity index is 2.56. The molecule has 0 bridgehead atoms. The van der Waals surface area contributed by atoms with Crippen LogP contribution in [0.25, 0.3) is 5.69 Å². The van der Waals surface area contributed by atoms with E-state index in [1.807, 2.05) is 0 Å². The summed E-state index contributed by atoms with van der Waals surface area (Å²) < 4.78 is 6.82. The summed E-state index contributed by atoms with van der Waals surface area (Å²) in [6.45, 7) is 0. The van der Waals surface area contributed by atoms with Crippen molar-refractivity contribution in [1.82, 2.24) is 15.0 Å². The molecule has 2 rings (SSSR count). The first-order chi connectivity index (χ1) is 8.30. The zero-order chi connectivity index (χ0) is 12.3. The van der Waals surface area contributed by atoms with Crippen molar-refractivity contribution >= 4 is 11.6 Å². The van der Waals surface area contributed by atoms with Crippen LogP contribution in [0.15, 0.2) is 24.4 Å². The van der Waals surface area contributed by atoms with Crippen molar-refractivity contribution in [1.29, 1.82) is 5.26 Å². The standard InChI is InChI=1S/C11H9ClN4O/c1-17-11-4-8(6-13)2-3-10(11)16-9(5-12)7-14-15-16/h2-4,7H,5H2,1H3. The van der Waals surface area contributed by atoms with Gasteiger partial charge in [0.2, 0.25) is 0 Å². The van der Waals surface area contributed by atoms with E-state index < -0.39 is 0 Å². The number of aromatic nitrogens is 3. The van der Waals surface area contributed by atoms with Gasteiger partial charge in [0.25, 0.3) is 0 Å². The van der Waals surface area contributed by atoms with Crippen LogP contribution >= 0.6 is 11.6 Å². The summed E-state index contributed by atoms with van der Waals surface area (Å²) in [7, 11) is 1.54. The lowest BCUT2D eigenvalue weighted by atomic mass is 10.2. The number of hydrogen-bond acceptors (Lipinski definition) is 4. The van der Waals surface area contributed by atoms with E-state index in [0.717, 1.165) is 5.69 Å². The van der Waals surface area contributed by atoms with Crippen LogP contribution in [0.4, 0.5) is 0 Å².